The number of hydrogen-bond acceptors (Lipinski definition) is 2. The fourth-order valence-corrected chi connectivity index (χ4v) is 2.40. The molecule has 6 heteroatoms. The first-order valence-electron chi connectivity index (χ1n) is 5.47. The topological polar surface area (TPSA) is 46.2 Å². The molecule has 0 aliphatic rings. The van der Waals surface area contributed by atoms with E-state index >= 15 is 0 Å². The molecule has 0 fully saturated rings. The molecule has 1 aromatic carbocycles. The Hall–Kier alpha value is 0.300. The summed E-state index contributed by atoms with van der Waals surface area (Å²) in [4.78, 5) is 0. The molecule has 0 aliphatic heterocycles. The Bertz CT molecular complexity index is 400. The highest BCUT2D eigenvalue weighted by atomic mass is 35.5. The molecule has 0 aromatic heterocycles. The van der Waals surface area contributed by atoms with Gasteiger partial charge in [0.05, 0.1) is 22.2 Å². The predicted molar refractivity (Wildman–Crippen MR) is 81.1 cm³/mol. The highest BCUT2D eigenvalue weighted by molar-refractivity contribution is 6.44. The number of nitrogens with two attached hydrogens (primary N) is 1. The van der Waals surface area contributed by atoms with Crippen molar-refractivity contribution in [2.75, 3.05) is 0 Å². The monoisotopic (exact) mass is 331 g/mol. The standard InChI is InChI=1S/C12H16Cl3NO.ClH/c1-3-6(2)12(17)11(16)9-7(13)4-5-8(14)10(9)15;/h4-6,11-12,17H,3,16H2,1-2H3;1H/t6?,11-,12+;/m1./s1. The van der Waals surface area contributed by atoms with Gasteiger partial charge in [-0.05, 0) is 18.1 Å². The molecule has 1 aromatic rings. The summed E-state index contributed by atoms with van der Waals surface area (Å²) < 4.78 is 0. The Morgan fingerprint density at radius 1 is 1.22 bits per heavy atom. The zero-order valence-corrected chi connectivity index (χ0v) is 13.2. The minimum absolute atomic E-state index is 0. The molecule has 0 bridgehead atoms. The van der Waals surface area contributed by atoms with Gasteiger partial charge in [-0.15, -0.1) is 12.4 Å². The normalized spacial score (nSPS) is 15.7. The van der Waals surface area contributed by atoms with E-state index in [4.69, 9.17) is 40.5 Å². The van der Waals surface area contributed by atoms with Gasteiger partial charge in [0, 0.05) is 10.6 Å². The second-order valence-electron chi connectivity index (χ2n) is 4.16. The van der Waals surface area contributed by atoms with Crippen LogP contribution < -0.4 is 5.73 Å². The van der Waals surface area contributed by atoms with Crippen molar-refractivity contribution in [3.05, 3.63) is 32.8 Å². The highest BCUT2D eigenvalue weighted by Gasteiger charge is 2.26. The van der Waals surface area contributed by atoms with Crippen molar-refractivity contribution < 1.29 is 5.11 Å². The van der Waals surface area contributed by atoms with Crippen LogP contribution in [0.2, 0.25) is 15.1 Å². The summed E-state index contributed by atoms with van der Waals surface area (Å²) in [5, 5.41) is 11.2. The predicted octanol–water partition coefficient (Wildman–Crippen LogP) is 4.48. The van der Waals surface area contributed by atoms with Crippen LogP contribution in [0.1, 0.15) is 31.9 Å². The molecule has 1 rings (SSSR count). The second-order valence-corrected chi connectivity index (χ2v) is 5.35. The molecule has 3 atom stereocenters. The first kappa shape index (κ1) is 18.3. The quantitative estimate of drug-likeness (QED) is 0.799. The van der Waals surface area contributed by atoms with Gasteiger partial charge in [-0.25, -0.2) is 0 Å². The van der Waals surface area contributed by atoms with Crippen molar-refractivity contribution >= 4 is 47.2 Å². The molecule has 0 saturated carbocycles. The Morgan fingerprint density at radius 3 is 2.22 bits per heavy atom. The summed E-state index contributed by atoms with van der Waals surface area (Å²) in [6, 6.07) is 2.61. The Morgan fingerprint density at radius 2 is 1.72 bits per heavy atom. The molecule has 0 aliphatic carbocycles. The van der Waals surface area contributed by atoms with Crippen LogP contribution in [-0.2, 0) is 0 Å². The molecule has 1 unspecified atom stereocenters. The van der Waals surface area contributed by atoms with Gasteiger partial charge in [-0.1, -0.05) is 55.1 Å². The molecule has 2 nitrogen and oxygen atoms in total. The number of hydrogen-bond donors (Lipinski definition) is 2. The minimum Gasteiger partial charge on any atom is -0.391 e. The van der Waals surface area contributed by atoms with Crippen molar-refractivity contribution in [3.8, 4) is 0 Å². The largest absolute Gasteiger partial charge is 0.391 e. The fraction of sp³-hybridized carbons (Fsp3) is 0.500. The van der Waals surface area contributed by atoms with E-state index < -0.39 is 12.1 Å². The molecule has 18 heavy (non-hydrogen) atoms. The summed E-state index contributed by atoms with van der Waals surface area (Å²) in [5.41, 5.74) is 6.52. The Kier molecular flexibility index (Phi) is 7.91. The van der Waals surface area contributed by atoms with Gasteiger partial charge in [-0.3, -0.25) is 0 Å². The van der Waals surface area contributed by atoms with Gasteiger partial charge in [0.2, 0.25) is 0 Å². The maximum absolute atomic E-state index is 10.1. The van der Waals surface area contributed by atoms with E-state index in [2.05, 4.69) is 0 Å². The highest BCUT2D eigenvalue weighted by Crippen LogP contribution is 2.37. The first-order valence-corrected chi connectivity index (χ1v) is 6.60. The van der Waals surface area contributed by atoms with Crippen molar-refractivity contribution in [1.82, 2.24) is 0 Å². The van der Waals surface area contributed by atoms with Crippen molar-refractivity contribution in [2.45, 2.75) is 32.4 Å². The smallest absolute Gasteiger partial charge is 0.0759 e. The van der Waals surface area contributed by atoms with Crippen LogP contribution >= 0.6 is 47.2 Å². The average molecular weight is 333 g/mol. The zero-order chi connectivity index (χ0) is 13.2. The third kappa shape index (κ3) is 3.89. The van der Waals surface area contributed by atoms with Gasteiger partial charge in [0.1, 0.15) is 0 Å². The number of rotatable bonds is 4. The number of aliphatic hydroxyl groups is 1. The van der Waals surface area contributed by atoms with Crippen LogP contribution in [0, 0.1) is 5.92 Å². The Labute approximate surface area is 129 Å². The number of aliphatic hydroxyl groups excluding tert-OH is 1. The van der Waals surface area contributed by atoms with E-state index in [9.17, 15) is 5.11 Å². The van der Waals surface area contributed by atoms with Crippen LogP contribution in [-0.4, -0.2) is 11.2 Å². The lowest BCUT2D eigenvalue weighted by Crippen LogP contribution is -2.32. The lowest BCUT2D eigenvalue weighted by atomic mass is 9.91. The molecule has 0 saturated heterocycles. The summed E-state index contributed by atoms with van der Waals surface area (Å²) >= 11 is 18.1. The lowest BCUT2D eigenvalue weighted by Gasteiger charge is -2.25. The maximum Gasteiger partial charge on any atom is 0.0759 e. The van der Waals surface area contributed by atoms with Crippen molar-refractivity contribution in [2.24, 2.45) is 11.7 Å². The van der Waals surface area contributed by atoms with E-state index in [1.54, 1.807) is 12.1 Å². The van der Waals surface area contributed by atoms with Gasteiger partial charge in [0.25, 0.3) is 0 Å². The molecular weight excluding hydrogens is 316 g/mol. The summed E-state index contributed by atoms with van der Waals surface area (Å²) in [7, 11) is 0. The Balaban J connectivity index is 0.00000289. The summed E-state index contributed by atoms with van der Waals surface area (Å²) in [5.74, 6) is 0.0658. The SMILES string of the molecule is CCC(C)[C@H](O)[C@H](N)c1c(Cl)ccc(Cl)c1Cl.Cl. The number of benzene rings is 1. The molecule has 0 amide bonds. The summed E-state index contributed by atoms with van der Waals surface area (Å²) in [6.07, 6.45) is 0.124. The second kappa shape index (κ2) is 7.78. The molecule has 0 spiro atoms. The van der Waals surface area contributed by atoms with Gasteiger partial charge in [-0.2, -0.15) is 0 Å². The fourth-order valence-electron chi connectivity index (χ4n) is 1.61. The van der Waals surface area contributed by atoms with Crippen molar-refractivity contribution in [1.29, 1.82) is 0 Å². The van der Waals surface area contributed by atoms with Crippen LogP contribution in [0.3, 0.4) is 0 Å². The van der Waals surface area contributed by atoms with E-state index in [1.165, 1.54) is 0 Å². The first-order chi connectivity index (χ1) is 7.90. The van der Waals surface area contributed by atoms with Gasteiger partial charge >= 0.3 is 0 Å². The maximum atomic E-state index is 10.1. The van der Waals surface area contributed by atoms with Crippen LogP contribution in [0.4, 0.5) is 0 Å². The van der Waals surface area contributed by atoms with E-state index in [0.29, 0.717) is 20.6 Å². The van der Waals surface area contributed by atoms with Gasteiger partial charge < -0.3 is 10.8 Å². The average Bonchev–Trinajstić information content (AvgIpc) is 2.32. The summed E-state index contributed by atoms with van der Waals surface area (Å²) in [6.45, 7) is 3.92. The third-order valence-corrected chi connectivity index (χ3v) is 4.16. The van der Waals surface area contributed by atoms with E-state index in [1.807, 2.05) is 13.8 Å². The van der Waals surface area contributed by atoms with Crippen molar-refractivity contribution in [3.63, 3.8) is 0 Å². The molecular formula is C12H17Cl4NO. The molecule has 104 valence electrons. The van der Waals surface area contributed by atoms with Crippen LogP contribution in [0.5, 0.6) is 0 Å². The van der Waals surface area contributed by atoms with Crippen LogP contribution in [0.25, 0.3) is 0 Å². The molecule has 3 N–H and O–H groups in total. The minimum atomic E-state index is -0.700. The molecule has 0 heterocycles. The van der Waals surface area contributed by atoms with E-state index in [-0.39, 0.29) is 18.3 Å². The zero-order valence-electron chi connectivity index (χ0n) is 10.2. The molecule has 0 radical (unpaired) electrons. The number of halogens is 4. The third-order valence-electron chi connectivity index (χ3n) is 3.01. The van der Waals surface area contributed by atoms with Crippen LogP contribution in [0.15, 0.2) is 12.1 Å². The van der Waals surface area contributed by atoms with Gasteiger partial charge in [0.15, 0.2) is 0 Å². The lowest BCUT2D eigenvalue weighted by molar-refractivity contribution is 0.0880. The van der Waals surface area contributed by atoms with E-state index in [0.717, 1.165) is 6.42 Å².